The Morgan fingerprint density at radius 2 is 2.29 bits per heavy atom. The van der Waals surface area contributed by atoms with E-state index in [4.69, 9.17) is 11.6 Å². The lowest BCUT2D eigenvalue weighted by Crippen LogP contribution is -2.31. The third-order valence-electron chi connectivity index (χ3n) is 3.02. The predicted molar refractivity (Wildman–Crippen MR) is 73.5 cm³/mol. The first-order chi connectivity index (χ1) is 8.13. The molecule has 0 spiro atoms. The Morgan fingerprint density at radius 3 is 2.94 bits per heavy atom. The number of alkyl halides is 1. The van der Waals surface area contributed by atoms with Crippen LogP contribution < -0.4 is 0 Å². The molecule has 1 fully saturated rings. The maximum absolute atomic E-state index is 11.8. The molecule has 2 rings (SSSR count). The number of nitrogens with zero attached hydrogens (tertiary/aromatic N) is 1. The molecule has 0 bridgehead atoms. The first kappa shape index (κ1) is 12.8. The summed E-state index contributed by atoms with van der Waals surface area (Å²) in [7, 11) is 0. The molecule has 17 heavy (non-hydrogen) atoms. The van der Waals surface area contributed by atoms with Gasteiger partial charge in [-0.25, -0.2) is 0 Å². The van der Waals surface area contributed by atoms with Gasteiger partial charge in [-0.3, -0.25) is 4.79 Å². The number of amides is 1. The Kier molecular flexibility index (Phi) is 4.00. The molecule has 0 saturated carbocycles. The number of carbonyl (C=O) groups excluding carboxylic acids is 1. The molecular formula is C13H16ClNOS. The molecule has 0 radical (unpaired) electrons. The third-order valence-corrected chi connectivity index (χ3v) is 4.49. The molecule has 0 unspecified atom stereocenters. The Hall–Kier alpha value is -0.670. The molecule has 1 aromatic carbocycles. The number of benzene rings is 1. The van der Waals surface area contributed by atoms with Crippen molar-refractivity contribution in [2.45, 2.75) is 19.2 Å². The fourth-order valence-corrected chi connectivity index (χ4v) is 3.69. The van der Waals surface area contributed by atoms with E-state index in [1.807, 2.05) is 16.7 Å². The molecule has 0 aliphatic carbocycles. The fraction of sp³-hybridized carbons (Fsp3) is 0.462. The van der Waals surface area contributed by atoms with Crippen molar-refractivity contribution in [3.8, 4) is 0 Å². The molecule has 0 aromatic heterocycles. The van der Waals surface area contributed by atoms with Crippen molar-refractivity contribution in [1.82, 2.24) is 4.90 Å². The summed E-state index contributed by atoms with van der Waals surface area (Å²) in [5.41, 5.74) is 3.73. The van der Waals surface area contributed by atoms with E-state index in [1.165, 1.54) is 16.7 Å². The van der Waals surface area contributed by atoms with E-state index in [0.717, 1.165) is 12.3 Å². The molecule has 1 aromatic rings. The summed E-state index contributed by atoms with van der Waals surface area (Å²) in [5, 5.41) is 0.141. The zero-order valence-electron chi connectivity index (χ0n) is 10.1. The predicted octanol–water partition coefficient (Wildman–Crippen LogP) is 3.12. The number of hydrogen-bond acceptors (Lipinski definition) is 2. The van der Waals surface area contributed by atoms with Crippen LogP contribution in [-0.2, 0) is 4.79 Å². The normalized spacial score (nSPS) is 19.7. The van der Waals surface area contributed by atoms with Crippen molar-refractivity contribution in [3.63, 3.8) is 0 Å². The largest absolute Gasteiger partial charge is 0.325 e. The van der Waals surface area contributed by atoms with Gasteiger partial charge >= 0.3 is 0 Å². The second kappa shape index (κ2) is 5.32. The fourth-order valence-electron chi connectivity index (χ4n) is 2.16. The van der Waals surface area contributed by atoms with Crippen LogP contribution in [0.5, 0.6) is 0 Å². The Morgan fingerprint density at radius 1 is 1.53 bits per heavy atom. The van der Waals surface area contributed by atoms with Gasteiger partial charge in [0.1, 0.15) is 11.3 Å². The average molecular weight is 270 g/mol. The van der Waals surface area contributed by atoms with Gasteiger partial charge in [-0.2, -0.15) is 0 Å². The van der Waals surface area contributed by atoms with E-state index in [0.29, 0.717) is 0 Å². The number of aryl methyl sites for hydroxylation is 2. The quantitative estimate of drug-likeness (QED) is 0.769. The van der Waals surface area contributed by atoms with E-state index in [9.17, 15) is 4.79 Å². The molecule has 1 saturated heterocycles. The van der Waals surface area contributed by atoms with Crippen LogP contribution in [0.4, 0.5) is 0 Å². The van der Waals surface area contributed by atoms with Gasteiger partial charge < -0.3 is 4.90 Å². The van der Waals surface area contributed by atoms with Crippen molar-refractivity contribution in [2.75, 3.05) is 18.2 Å². The highest BCUT2D eigenvalue weighted by molar-refractivity contribution is 7.99. The highest BCUT2D eigenvalue weighted by atomic mass is 35.5. The SMILES string of the molecule is Cc1ccc([C@@H]2SCCN2C(=O)CCl)c(C)c1. The third kappa shape index (κ3) is 2.61. The van der Waals surface area contributed by atoms with Crippen LogP contribution in [0.3, 0.4) is 0 Å². The van der Waals surface area contributed by atoms with Crippen LogP contribution in [0, 0.1) is 13.8 Å². The van der Waals surface area contributed by atoms with Crippen molar-refractivity contribution < 1.29 is 4.79 Å². The minimum atomic E-state index is 0.0293. The minimum absolute atomic E-state index is 0.0293. The molecule has 0 N–H and O–H groups in total. The molecule has 2 nitrogen and oxygen atoms in total. The van der Waals surface area contributed by atoms with E-state index in [-0.39, 0.29) is 17.2 Å². The zero-order chi connectivity index (χ0) is 12.4. The van der Waals surface area contributed by atoms with E-state index < -0.39 is 0 Å². The van der Waals surface area contributed by atoms with Crippen LogP contribution >= 0.6 is 23.4 Å². The second-order valence-corrected chi connectivity index (χ2v) is 5.76. The lowest BCUT2D eigenvalue weighted by Gasteiger charge is -2.24. The number of rotatable bonds is 2. The van der Waals surface area contributed by atoms with Crippen LogP contribution in [-0.4, -0.2) is 29.0 Å². The summed E-state index contributed by atoms with van der Waals surface area (Å²) in [6.07, 6.45) is 0. The molecule has 1 amide bonds. The summed E-state index contributed by atoms with van der Waals surface area (Å²) >= 11 is 7.46. The summed E-state index contributed by atoms with van der Waals surface area (Å²) in [4.78, 5) is 13.6. The summed E-state index contributed by atoms with van der Waals surface area (Å²) in [6, 6.07) is 6.39. The Balaban J connectivity index is 2.29. The van der Waals surface area contributed by atoms with Gasteiger partial charge in [0, 0.05) is 12.3 Å². The lowest BCUT2D eigenvalue weighted by molar-refractivity contribution is -0.128. The second-order valence-electron chi connectivity index (χ2n) is 4.30. The zero-order valence-corrected chi connectivity index (χ0v) is 11.6. The number of hydrogen-bond donors (Lipinski definition) is 0. The van der Waals surface area contributed by atoms with E-state index in [2.05, 4.69) is 32.0 Å². The highest BCUT2D eigenvalue weighted by Gasteiger charge is 2.30. The van der Waals surface area contributed by atoms with Crippen LogP contribution in [0.25, 0.3) is 0 Å². The first-order valence-electron chi connectivity index (χ1n) is 5.67. The lowest BCUT2D eigenvalue weighted by atomic mass is 10.1. The molecule has 4 heteroatoms. The molecular weight excluding hydrogens is 254 g/mol. The van der Waals surface area contributed by atoms with Crippen LogP contribution in [0.15, 0.2) is 18.2 Å². The summed E-state index contributed by atoms with van der Waals surface area (Å²) < 4.78 is 0. The highest BCUT2D eigenvalue weighted by Crippen LogP contribution is 2.39. The molecule has 1 aliphatic rings. The monoisotopic (exact) mass is 269 g/mol. The van der Waals surface area contributed by atoms with E-state index >= 15 is 0 Å². The van der Waals surface area contributed by atoms with Gasteiger partial charge in [0.2, 0.25) is 5.91 Å². The molecule has 1 aliphatic heterocycles. The topological polar surface area (TPSA) is 20.3 Å². The van der Waals surface area contributed by atoms with Gasteiger partial charge in [0.25, 0.3) is 0 Å². The first-order valence-corrected chi connectivity index (χ1v) is 7.26. The Labute approximate surface area is 111 Å². The van der Waals surface area contributed by atoms with Crippen LogP contribution in [0.1, 0.15) is 22.1 Å². The summed E-state index contributed by atoms with van der Waals surface area (Å²) in [6.45, 7) is 4.99. The molecule has 92 valence electrons. The van der Waals surface area contributed by atoms with Crippen LogP contribution in [0.2, 0.25) is 0 Å². The van der Waals surface area contributed by atoms with Crippen molar-refractivity contribution in [3.05, 3.63) is 34.9 Å². The molecule has 1 heterocycles. The maximum Gasteiger partial charge on any atom is 0.238 e. The van der Waals surface area contributed by atoms with Gasteiger partial charge in [0.15, 0.2) is 0 Å². The summed E-state index contributed by atoms with van der Waals surface area (Å²) in [5.74, 6) is 1.09. The number of halogens is 1. The van der Waals surface area contributed by atoms with Gasteiger partial charge in [-0.15, -0.1) is 23.4 Å². The van der Waals surface area contributed by atoms with Crippen molar-refractivity contribution in [2.24, 2.45) is 0 Å². The van der Waals surface area contributed by atoms with Gasteiger partial charge in [-0.05, 0) is 25.0 Å². The van der Waals surface area contributed by atoms with Gasteiger partial charge in [-0.1, -0.05) is 23.8 Å². The number of thioether (sulfide) groups is 1. The standard InChI is InChI=1S/C13H16ClNOS/c1-9-3-4-11(10(2)7-9)13-15(5-6-17-13)12(16)8-14/h3-4,7,13H,5-6,8H2,1-2H3/t13-/m0/s1. The van der Waals surface area contributed by atoms with Crippen molar-refractivity contribution >= 4 is 29.3 Å². The average Bonchev–Trinajstić information content (AvgIpc) is 2.77. The van der Waals surface area contributed by atoms with E-state index in [1.54, 1.807) is 0 Å². The Bertz CT molecular complexity index is 435. The maximum atomic E-state index is 11.8. The molecule has 1 atom stereocenters. The van der Waals surface area contributed by atoms with Crippen molar-refractivity contribution in [1.29, 1.82) is 0 Å². The number of carbonyl (C=O) groups is 1. The smallest absolute Gasteiger partial charge is 0.238 e. The minimum Gasteiger partial charge on any atom is -0.325 e. The van der Waals surface area contributed by atoms with Gasteiger partial charge in [0.05, 0.1) is 0 Å².